The number of ether oxygens (including phenoxy) is 1. The van der Waals surface area contributed by atoms with Crippen LogP contribution in [-0.2, 0) is 25.3 Å². The molecule has 4 bridgehead atoms. The minimum Gasteiger partial charge on any atom is -0.456 e. The van der Waals surface area contributed by atoms with Crippen LogP contribution in [0.1, 0.15) is 50.5 Å². The van der Waals surface area contributed by atoms with E-state index in [2.05, 4.69) is 15.6 Å². The third-order valence-corrected chi connectivity index (χ3v) is 7.21. The largest absolute Gasteiger partial charge is 0.456 e. The highest BCUT2D eigenvalue weighted by Crippen LogP contribution is 2.60. The minimum atomic E-state index is -4.61. The summed E-state index contributed by atoms with van der Waals surface area (Å²) >= 11 is 5.73. The zero-order chi connectivity index (χ0) is 23.8. The van der Waals surface area contributed by atoms with Crippen LogP contribution in [0.25, 0.3) is 0 Å². The van der Waals surface area contributed by atoms with Gasteiger partial charge in [-0.1, -0.05) is 11.6 Å². The summed E-state index contributed by atoms with van der Waals surface area (Å²) in [5, 5.41) is 4.67. The number of anilines is 1. The van der Waals surface area contributed by atoms with Gasteiger partial charge in [0.1, 0.15) is 0 Å². The Morgan fingerprint density at radius 2 is 1.73 bits per heavy atom. The number of aromatic nitrogens is 1. The number of alkyl halides is 3. The quantitative estimate of drug-likeness (QED) is 0.567. The van der Waals surface area contributed by atoms with Crippen molar-refractivity contribution in [1.82, 2.24) is 10.3 Å². The summed E-state index contributed by atoms with van der Waals surface area (Å²) < 4.78 is 42.8. The molecule has 2 N–H and O–H groups in total. The maximum atomic E-state index is 12.8. The number of pyridine rings is 1. The van der Waals surface area contributed by atoms with E-state index in [1.165, 1.54) is 19.3 Å². The Balaban J connectivity index is 1.18. The van der Waals surface area contributed by atoms with Gasteiger partial charge in [-0.05, 0) is 62.3 Å². The molecule has 1 heterocycles. The van der Waals surface area contributed by atoms with E-state index in [0.717, 1.165) is 19.3 Å². The van der Waals surface area contributed by atoms with Crippen molar-refractivity contribution in [3.63, 3.8) is 0 Å². The highest BCUT2D eigenvalue weighted by Gasteiger charge is 2.54. The second-order valence-electron chi connectivity index (χ2n) is 9.46. The average Bonchev–Trinajstić information content (AvgIpc) is 2.72. The summed E-state index contributed by atoms with van der Waals surface area (Å²) in [5.74, 6) is 0.177. The fourth-order valence-electron chi connectivity index (χ4n) is 5.93. The van der Waals surface area contributed by atoms with Gasteiger partial charge in [-0.3, -0.25) is 14.4 Å². The number of halogens is 4. The molecular formula is C22H25ClF3N3O4. The Morgan fingerprint density at radius 3 is 2.27 bits per heavy atom. The van der Waals surface area contributed by atoms with Gasteiger partial charge in [-0.2, -0.15) is 13.2 Å². The highest BCUT2D eigenvalue weighted by molar-refractivity contribution is 6.33. The highest BCUT2D eigenvalue weighted by atomic mass is 35.5. The fraction of sp³-hybridized carbons (Fsp3) is 0.636. The molecule has 5 rings (SSSR count). The summed E-state index contributed by atoms with van der Waals surface area (Å²) in [6.45, 7) is -0.534. The molecule has 4 fully saturated rings. The van der Waals surface area contributed by atoms with Crippen molar-refractivity contribution in [3.05, 3.63) is 22.8 Å². The lowest BCUT2D eigenvalue weighted by molar-refractivity contribution is -0.148. The molecule has 0 spiro atoms. The van der Waals surface area contributed by atoms with Gasteiger partial charge in [0, 0.05) is 18.2 Å². The molecule has 0 aromatic carbocycles. The predicted octanol–water partition coefficient (Wildman–Crippen LogP) is 3.96. The number of carbonyl (C=O) groups is 3. The molecule has 33 heavy (non-hydrogen) atoms. The third kappa shape index (κ3) is 5.42. The van der Waals surface area contributed by atoms with Gasteiger partial charge in [-0.25, -0.2) is 4.98 Å². The van der Waals surface area contributed by atoms with Gasteiger partial charge in [0.05, 0.1) is 17.0 Å². The number of nitrogens with zero attached hydrogens (tertiary/aromatic N) is 1. The number of nitrogens with one attached hydrogen (secondary N) is 2. The zero-order valence-corrected chi connectivity index (χ0v) is 18.6. The van der Waals surface area contributed by atoms with Crippen molar-refractivity contribution < 1.29 is 32.3 Å². The van der Waals surface area contributed by atoms with E-state index in [1.807, 2.05) is 0 Å². The molecule has 0 atom stereocenters. The van der Waals surface area contributed by atoms with Gasteiger partial charge in [0.15, 0.2) is 12.4 Å². The van der Waals surface area contributed by atoms with Crippen LogP contribution in [-0.4, -0.2) is 35.9 Å². The molecule has 180 valence electrons. The number of amides is 2. The standard InChI is InChI=1S/C22H25ClF3N3O4/c23-16-6-15(22(24,25)26)10-28-19(16)29-17(30)11-33-18(31)1-2-27-20(32)21-7-12-3-13(8-21)5-14(4-12)9-21/h6,10,12-14H,1-5,7-9,11H2,(H,27,32)(H,28,29,30). The maximum Gasteiger partial charge on any atom is 0.417 e. The molecule has 4 aliphatic carbocycles. The van der Waals surface area contributed by atoms with Crippen LogP contribution in [0.2, 0.25) is 5.02 Å². The number of rotatable bonds is 7. The van der Waals surface area contributed by atoms with E-state index in [9.17, 15) is 27.6 Å². The first-order valence-electron chi connectivity index (χ1n) is 11.0. The molecule has 0 unspecified atom stereocenters. The fourth-order valence-corrected chi connectivity index (χ4v) is 6.14. The summed E-state index contributed by atoms with van der Waals surface area (Å²) in [6.07, 6.45) is 2.31. The second-order valence-corrected chi connectivity index (χ2v) is 9.87. The number of carbonyl (C=O) groups excluding carboxylic acids is 3. The lowest BCUT2D eigenvalue weighted by atomic mass is 9.49. The van der Waals surface area contributed by atoms with E-state index in [-0.39, 0.29) is 30.1 Å². The molecule has 0 aliphatic heterocycles. The molecule has 0 saturated heterocycles. The summed E-state index contributed by atoms with van der Waals surface area (Å²) in [6, 6.07) is 0.642. The molecule has 1 aromatic heterocycles. The summed E-state index contributed by atoms with van der Waals surface area (Å²) in [7, 11) is 0. The van der Waals surface area contributed by atoms with E-state index >= 15 is 0 Å². The Morgan fingerprint density at radius 1 is 1.12 bits per heavy atom. The topological polar surface area (TPSA) is 97.4 Å². The summed E-state index contributed by atoms with van der Waals surface area (Å²) in [5.41, 5.74) is -1.35. The molecule has 11 heteroatoms. The van der Waals surface area contributed by atoms with Crippen molar-refractivity contribution in [2.75, 3.05) is 18.5 Å². The monoisotopic (exact) mass is 487 g/mol. The van der Waals surface area contributed by atoms with Crippen molar-refractivity contribution in [2.24, 2.45) is 23.2 Å². The van der Waals surface area contributed by atoms with Gasteiger partial charge < -0.3 is 15.4 Å². The summed E-state index contributed by atoms with van der Waals surface area (Å²) in [4.78, 5) is 40.2. The van der Waals surface area contributed by atoms with Crippen molar-refractivity contribution in [1.29, 1.82) is 0 Å². The van der Waals surface area contributed by atoms with Crippen LogP contribution in [0.3, 0.4) is 0 Å². The van der Waals surface area contributed by atoms with Crippen LogP contribution in [0.5, 0.6) is 0 Å². The SMILES string of the molecule is O=C(COC(=O)CCNC(=O)C12CC3CC(CC(C3)C1)C2)Nc1ncc(C(F)(F)F)cc1Cl. The minimum absolute atomic E-state index is 0.00941. The van der Waals surface area contributed by atoms with Gasteiger partial charge in [0.25, 0.3) is 5.91 Å². The van der Waals surface area contributed by atoms with Crippen molar-refractivity contribution in [2.45, 2.75) is 51.1 Å². The first-order chi connectivity index (χ1) is 15.5. The second kappa shape index (κ2) is 9.12. The van der Waals surface area contributed by atoms with Crippen LogP contribution in [0, 0.1) is 23.2 Å². The molecule has 4 saturated carbocycles. The normalized spacial score (nSPS) is 27.8. The van der Waals surface area contributed by atoms with Crippen LogP contribution in [0.15, 0.2) is 12.3 Å². The molecular weight excluding hydrogens is 463 g/mol. The Labute approximate surface area is 193 Å². The molecule has 7 nitrogen and oxygen atoms in total. The van der Waals surface area contributed by atoms with Gasteiger partial charge in [-0.15, -0.1) is 0 Å². The lowest BCUT2D eigenvalue weighted by Crippen LogP contribution is -2.53. The van der Waals surface area contributed by atoms with E-state index in [1.54, 1.807) is 0 Å². The lowest BCUT2D eigenvalue weighted by Gasteiger charge is -2.55. The maximum absolute atomic E-state index is 12.8. The molecule has 0 radical (unpaired) electrons. The first kappa shape index (κ1) is 23.8. The van der Waals surface area contributed by atoms with Crippen LogP contribution >= 0.6 is 11.6 Å². The number of esters is 1. The van der Waals surface area contributed by atoms with Crippen molar-refractivity contribution in [3.8, 4) is 0 Å². The number of hydrogen-bond acceptors (Lipinski definition) is 5. The first-order valence-corrected chi connectivity index (χ1v) is 11.4. The van der Waals surface area contributed by atoms with Gasteiger partial charge >= 0.3 is 12.1 Å². The molecule has 1 aromatic rings. The van der Waals surface area contributed by atoms with Crippen LogP contribution < -0.4 is 10.6 Å². The van der Waals surface area contributed by atoms with Crippen molar-refractivity contribution >= 4 is 35.2 Å². The Hall–Kier alpha value is -2.36. The predicted molar refractivity (Wildman–Crippen MR) is 112 cm³/mol. The average molecular weight is 488 g/mol. The van der Waals surface area contributed by atoms with Crippen LogP contribution in [0.4, 0.5) is 19.0 Å². The zero-order valence-electron chi connectivity index (χ0n) is 17.8. The Kier molecular flexibility index (Phi) is 6.57. The van der Waals surface area contributed by atoms with E-state index in [4.69, 9.17) is 16.3 Å². The number of hydrogen-bond donors (Lipinski definition) is 2. The van der Waals surface area contributed by atoms with E-state index < -0.39 is 35.2 Å². The Bertz CT molecular complexity index is 918. The van der Waals surface area contributed by atoms with E-state index in [0.29, 0.717) is 30.0 Å². The molecule has 4 aliphatic rings. The molecule has 2 amide bonds. The smallest absolute Gasteiger partial charge is 0.417 e. The third-order valence-electron chi connectivity index (χ3n) is 6.93. The van der Waals surface area contributed by atoms with Gasteiger partial charge in [0.2, 0.25) is 5.91 Å².